The van der Waals surface area contributed by atoms with Crippen molar-refractivity contribution in [2.75, 3.05) is 0 Å². The van der Waals surface area contributed by atoms with Gasteiger partial charge in [0.15, 0.2) is 6.10 Å². The smallest absolute Gasteiger partial charge is 0.261 e. The Morgan fingerprint density at radius 3 is 2.44 bits per heavy atom. The summed E-state index contributed by atoms with van der Waals surface area (Å²) in [5.74, 6) is 0.597. The molecule has 0 aliphatic heterocycles. The molecule has 1 atom stereocenters. The van der Waals surface area contributed by atoms with Gasteiger partial charge in [-0.25, -0.2) is 0 Å². The van der Waals surface area contributed by atoms with Crippen LogP contribution in [0.15, 0.2) is 28.7 Å². The van der Waals surface area contributed by atoms with E-state index in [1.807, 2.05) is 45.0 Å². The van der Waals surface area contributed by atoms with Gasteiger partial charge < -0.3 is 10.1 Å². The van der Waals surface area contributed by atoms with Crippen molar-refractivity contribution in [3.05, 3.63) is 28.7 Å². The SMILES string of the molecule is CCC(C)(C)NC(=O)[C@H](C)Oc1ccc(Br)cc1. The number of benzene rings is 1. The Morgan fingerprint density at radius 1 is 1.39 bits per heavy atom. The Bertz CT molecular complexity index is 401. The lowest BCUT2D eigenvalue weighted by atomic mass is 10.0. The molecule has 1 rings (SSSR count). The van der Waals surface area contributed by atoms with E-state index in [0.717, 1.165) is 10.9 Å². The molecular formula is C14H20BrNO2. The maximum absolute atomic E-state index is 11.9. The van der Waals surface area contributed by atoms with E-state index in [9.17, 15) is 4.79 Å². The Morgan fingerprint density at radius 2 is 1.94 bits per heavy atom. The van der Waals surface area contributed by atoms with Crippen LogP contribution in [0.2, 0.25) is 0 Å². The molecule has 1 N–H and O–H groups in total. The summed E-state index contributed by atoms with van der Waals surface area (Å²) in [7, 11) is 0. The number of carbonyl (C=O) groups excluding carboxylic acids is 1. The molecule has 0 bridgehead atoms. The van der Waals surface area contributed by atoms with Gasteiger partial charge in [-0.1, -0.05) is 22.9 Å². The summed E-state index contributed by atoms with van der Waals surface area (Å²) in [4.78, 5) is 11.9. The van der Waals surface area contributed by atoms with Gasteiger partial charge in [-0.3, -0.25) is 4.79 Å². The lowest BCUT2D eigenvalue weighted by Gasteiger charge is -2.26. The van der Waals surface area contributed by atoms with Crippen LogP contribution in [0.25, 0.3) is 0 Å². The minimum absolute atomic E-state index is 0.0928. The van der Waals surface area contributed by atoms with Crippen LogP contribution in [-0.2, 0) is 4.79 Å². The molecule has 0 heterocycles. The van der Waals surface area contributed by atoms with Crippen molar-refractivity contribution in [1.29, 1.82) is 0 Å². The van der Waals surface area contributed by atoms with E-state index < -0.39 is 6.10 Å². The molecule has 4 heteroatoms. The average Bonchev–Trinajstić information content (AvgIpc) is 2.31. The lowest BCUT2D eigenvalue weighted by Crippen LogP contribution is -2.48. The molecule has 100 valence electrons. The number of rotatable bonds is 5. The second-order valence-electron chi connectivity index (χ2n) is 4.94. The van der Waals surface area contributed by atoms with Crippen LogP contribution in [0.3, 0.4) is 0 Å². The standard InChI is InChI=1S/C14H20BrNO2/c1-5-14(3,4)16-13(17)10(2)18-12-8-6-11(15)7-9-12/h6-10H,5H2,1-4H3,(H,16,17)/t10-/m0/s1. The highest BCUT2D eigenvalue weighted by Gasteiger charge is 2.22. The van der Waals surface area contributed by atoms with E-state index in [-0.39, 0.29) is 11.4 Å². The van der Waals surface area contributed by atoms with Gasteiger partial charge >= 0.3 is 0 Å². The summed E-state index contributed by atoms with van der Waals surface area (Å²) < 4.78 is 6.57. The van der Waals surface area contributed by atoms with E-state index in [0.29, 0.717) is 5.75 Å². The van der Waals surface area contributed by atoms with Crippen molar-refractivity contribution in [1.82, 2.24) is 5.32 Å². The van der Waals surface area contributed by atoms with Crippen molar-refractivity contribution in [2.24, 2.45) is 0 Å². The molecule has 0 radical (unpaired) electrons. The van der Waals surface area contributed by atoms with Crippen molar-refractivity contribution in [3.8, 4) is 5.75 Å². The van der Waals surface area contributed by atoms with Crippen LogP contribution in [0, 0.1) is 0 Å². The average molecular weight is 314 g/mol. The predicted molar refractivity (Wildman–Crippen MR) is 76.7 cm³/mol. The number of hydrogen-bond donors (Lipinski definition) is 1. The third-order valence-electron chi connectivity index (χ3n) is 2.84. The molecule has 0 fully saturated rings. The first kappa shape index (κ1) is 15.0. The molecular weight excluding hydrogens is 294 g/mol. The van der Waals surface area contributed by atoms with Gasteiger partial charge in [0.1, 0.15) is 5.75 Å². The normalized spacial score (nSPS) is 12.9. The first-order valence-corrected chi connectivity index (χ1v) is 6.87. The zero-order valence-corrected chi connectivity index (χ0v) is 12.9. The van der Waals surface area contributed by atoms with E-state index >= 15 is 0 Å². The summed E-state index contributed by atoms with van der Waals surface area (Å²) in [6.07, 6.45) is 0.376. The maximum Gasteiger partial charge on any atom is 0.261 e. The second kappa shape index (κ2) is 6.23. The first-order valence-electron chi connectivity index (χ1n) is 6.08. The third-order valence-corrected chi connectivity index (χ3v) is 3.37. The van der Waals surface area contributed by atoms with E-state index in [4.69, 9.17) is 4.74 Å². The molecule has 3 nitrogen and oxygen atoms in total. The molecule has 1 amide bonds. The molecule has 0 saturated carbocycles. The van der Waals surface area contributed by atoms with E-state index in [1.165, 1.54) is 0 Å². The van der Waals surface area contributed by atoms with Gasteiger partial charge in [-0.15, -0.1) is 0 Å². The molecule has 0 aliphatic carbocycles. The van der Waals surface area contributed by atoms with Gasteiger partial charge in [0.2, 0.25) is 0 Å². The summed E-state index contributed by atoms with van der Waals surface area (Å²) in [5.41, 5.74) is -0.200. The molecule has 0 unspecified atom stereocenters. The van der Waals surface area contributed by atoms with Crippen LogP contribution in [-0.4, -0.2) is 17.6 Å². The minimum Gasteiger partial charge on any atom is -0.481 e. The highest BCUT2D eigenvalue weighted by atomic mass is 79.9. The zero-order valence-electron chi connectivity index (χ0n) is 11.3. The predicted octanol–water partition coefficient (Wildman–Crippen LogP) is 3.52. The summed E-state index contributed by atoms with van der Waals surface area (Å²) >= 11 is 3.35. The van der Waals surface area contributed by atoms with E-state index in [1.54, 1.807) is 6.92 Å². The number of nitrogens with one attached hydrogen (secondary N) is 1. The Kier molecular flexibility index (Phi) is 5.20. The summed E-state index contributed by atoms with van der Waals surface area (Å²) in [6.45, 7) is 7.79. The monoisotopic (exact) mass is 313 g/mol. The number of halogens is 1. The molecule has 1 aromatic carbocycles. The second-order valence-corrected chi connectivity index (χ2v) is 5.86. The molecule has 0 saturated heterocycles. The minimum atomic E-state index is -0.503. The van der Waals surface area contributed by atoms with Gasteiger partial charge in [-0.2, -0.15) is 0 Å². The number of ether oxygens (including phenoxy) is 1. The zero-order chi connectivity index (χ0) is 13.8. The Hall–Kier alpha value is -1.03. The highest BCUT2D eigenvalue weighted by Crippen LogP contribution is 2.17. The molecule has 18 heavy (non-hydrogen) atoms. The largest absolute Gasteiger partial charge is 0.481 e. The fourth-order valence-electron chi connectivity index (χ4n) is 1.29. The Labute approximate surface area is 117 Å². The fraction of sp³-hybridized carbons (Fsp3) is 0.500. The third kappa shape index (κ3) is 4.69. The van der Waals surface area contributed by atoms with Gasteiger partial charge in [0.05, 0.1) is 0 Å². The quantitative estimate of drug-likeness (QED) is 0.903. The molecule has 1 aromatic rings. The van der Waals surface area contributed by atoms with Crippen LogP contribution >= 0.6 is 15.9 Å². The molecule has 0 aromatic heterocycles. The van der Waals surface area contributed by atoms with Gasteiger partial charge in [0.25, 0.3) is 5.91 Å². The number of hydrogen-bond acceptors (Lipinski definition) is 2. The van der Waals surface area contributed by atoms with Gasteiger partial charge in [0, 0.05) is 10.0 Å². The maximum atomic E-state index is 11.9. The number of amides is 1. The van der Waals surface area contributed by atoms with Crippen LogP contribution in [0.1, 0.15) is 34.1 Å². The first-order chi connectivity index (χ1) is 8.34. The van der Waals surface area contributed by atoms with Crippen LogP contribution < -0.4 is 10.1 Å². The molecule has 0 spiro atoms. The topological polar surface area (TPSA) is 38.3 Å². The lowest BCUT2D eigenvalue weighted by molar-refractivity contribution is -0.128. The van der Waals surface area contributed by atoms with Crippen molar-refractivity contribution in [3.63, 3.8) is 0 Å². The highest BCUT2D eigenvalue weighted by molar-refractivity contribution is 9.10. The van der Waals surface area contributed by atoms with Crippen LogP contribution in [0.5, 0.6) is 5.75 Å². The summed E-state index contributed by atoms with van der Waals surface area (Å²) in [6, 6.07) is 7.43. The number of carbonyl (C=O) groups is 1. The molecule has 0 aliphatic rings. The fourth-order valence-corrected chi connectivity index (χ4v) is 1.56. The van der Waals surface area contributed by atoms with E-state index in [2.05, 4.69) is 21.2 Å². The van der Waals surface area contributed by atoms with Gasteiger partial charge in [-0.05, 0) is 51.5 Å². The van der Waals surface area contributed by atoms with Crippen molar-refractivity contribution < 1.29 is 9.53 Å². The van der Waals surface area contributed by atoms with Crippen molar-refractivity contribution in [2.45, 2.75) is 45.8 Å². The van der Waals surface area contributed by atoms with Crippen LogP contribution in [0.4, 0.5) is 0 Å². The van der Waals surface area contributed by atoms with Crippen molar-refractivity contribution >= 4 is 21.8 Å². The summed E-state index contributed by atoms with van der Waals surface area (Å²) in [5, 5.41) is 2.96. The Balaban J connectivity index is 2.57.